The molecule has 7 nitrogen and oxygen atoms in total. The average molecular weight is 360 g/mol. The number of halogens is 1. The fourth-order valence-electron chi connectivity index (χ4n) is 1.99. The highest BCUT2D eigenvalue weighted by atomic mass is 19.1. The molecule has 0 spiro atoms. The van der Waals surface area contributed by atoms with E-state index in [2.05, 4.69) is 5.32 Å². The van der Waals surface area contributed by atoms with Gasteiger partial charge in [0.05, 0.1) is 12.7 Å². The lowest BCUT2D eigenvalue weighted by atomic mass is 10.2. The normalized spacial score (nSPS) is 9.92. The maximum atomic E-state index is 13.5. The Bertz CT molecular complexity index is 795. The maximum absolute atomic E-state index is 13.5. The summed E-state index contributed by atoms with van der Waals surface area (Å²) < 4.78 is 23.0. The highest BCUT2D eigenvalue weighted by Gasteiger charge is 2.14. The molecule has 0 aliphatic carbocycles. The van der Waals surface area contributed by atoms with Crippen LogP contribution in [0.2, 0.25) is 0 Å². The Morgan fingerprint density at radius 2 is 1.81 bits per heavy atom. The van der Waals surface area contributed by atoms with Crippen molar-refractivity contribution in [1.82, 2.24) is 10.6 Å². The Morgan fingerprint density at radius 1 is 1.08 bits per heavy atom. The van der Waals surface area contributed by atoms with Crippen molar-refractivity contribution in [3.63, 3.8) is 0 Å². The molecule has 2 rings (SSSR count). The molecule has 2 aromatic carbocycles. The molecular weight excluding hydrogens is 343 g/mol. The standard InChI is InChI=1S/C18H17FN2O5/c1-25-15-8-7-13(9-14(15)19)17(23)26-11-16(22)21-18(24)20-10-12-5-3-2-4-6-12/h2-9H,10-11H2,1H3,(H2,20,21,22,24). The van der Waals surface area contributed by atoms with Gasteiger partial charge < -0.3 is 14.8 Å². The van der Waals surface area contributed by atoms with Gasteiger partial charge in [0.1, 0.15) is 0 Å². The monoisotopic (exact) mass is 360 g/mol. The van der Waals surface area contributed by atoms with Crippen LogP contribution in [-0.4, -0.2) is 31.6 Å². The van der Waals surface area contributed by atoms with E-state index in [9.17, 15) is 18.8 Å². The molecule has 0 saturated carbocycles. The first-order valence-corrected chi connectivity index (χ1v) is 7.62. The lowest BCUT2D eigenvalue weighted by Gasteiger charge is -2.08. The number of imide groups is 1. The Labute approximate surface area is 149 Å². The topological polar surface area (TPSA) is 93.7 Å². The molecule has 0 saturated heterocycles. The number of esters is 1. The van der Waals surface area contributed by atoms with Crippen LogP contribution in [-0.2, 0) is 16.1 Å². The molecule has 0 aromatic heterocycles. The van der Waals surface area contributed by atoms with Crippen LogP contribution in [0.25, 0.3) is 0 Å². The number of methoxy groups -OCH3 is 1. The van der Waals surface area contributed by atoms with Crippen molar-refractivity contribution in [3.8, 4) is 5.75 Å². The minimum absolute atomic E-state index is 0.0191. The maximum Gasteiger partial charge on any atom is 0.338 e. The number of rotatable bonds is 6. The number of amides is 3. The lowest BCUT2D eigenvalue weighted by molar-refractivity contribution is -0.123. The van der Waals surface area contributed by atoms with E-state index in [0.29, 0.717) is 0 Å². The molecule has 2 aromatic rings. The summed E-state index contributed by atoms with van der Waals surface area (Å²) in [5.74, 6) is -2.45. The number of nitrogens with one attached hydrogen (secondary N) is 2. The number of urea groups is 1. The molecule has 3 amide bonds. The number of carbonyl (C=O) groups excluding carboxylic acids is 3. The summed E-state index contributed by atoms with van der Waals surface area (Å²) >= 11 is 0. The molecule has 8 heteroatoms. The molecule has 0 unspecified atom stereocenters. The molecule has 0 aliphatic rings. The summed E-state index contributed by atoms with van der Waals surface area (Å²) in [6.07, 6.45) is 0. The van der Waals surface area contributed by atoms with Crippen LogP contribution < -0.4 is 15.4 Å². The Morgan fingerprint density at radius 3 is 2.46 bits per heavy atom. The smallest absolute Gasteiger partial charge is 0.338 e. The van der Waals surface area contributed by atoms with Gasteiger partial charge in [-0.25, -0.2) is 14.0 Å². The summed E-state index contributed by atoms with van der Waals surface area (Å²) in [5, 5.41) is 4.52. The Balaban J connectivity index is 1.76. The van der Waals surface area contributed by atoms with Gasteiger partial charge in [0, 0.05) is 6.54 Å². The average Bonchev–Trinajstić information content (AvgIpc) is 2.65. The number of benzene rings is 2. The quantitative estimate of drug-likeness (QED) is 0.769. The van der Waals surface area contributed by atoms with Gasteiger partial charge >= 0.3 is 12.0 Å². The minimum atomic E-state index is -0.897. The van der Waals surface area contributed by atoms with Crippen LogP contribution in [0.3, 0.4) is 0 Å². The number of hydrogen-bond donors (Lipinski definition) is 2. The summed E-state index contributed by atoms with van der Waals surface area (Å²) in [4.78, 5) is 35.0. The molecule has 0 radical (unpaired) electrons. The van der Waals surface area contributed by atoms with Gasteiger partial charge in [-0.2, -0.15) is 0 Å². The van der Waals surface area contributed by atoms with Crippen molar-refractivity contribution >= 4 is 17.9 Å². The van der Waals surface area contributed by atoms with Gasteiger partial charge in [0.2, 0.25) is 0 Å². The molecule has 0 heterocycles. The summed E-state index contributed by atoms with van der Waals surface area (Å²) in [7, 11) is 1.30. The van der Waals surface area contributed by atoms with E-state index < -0.39 is 30.3 Å². The van der Waals surface area contributed by atoms with Crippen molar-refractivity contribution in [2.45, 2.75) is 6.54 Å². The van der Waals surface area contributed by atoms with E-state index in [1.165, 1.54) is 19.2 Å². The summed E-state index contributed by atoms with van der Waals surface area (Å²) in [5.41, 5.74) is 0.785. The number of hydrogen-bond acceptors (Lipinski definition) is 5. The van der Waals surface area contributed by atoms with E-state index in [1.807, 2.05) is 35.6 Å². The van der Waals surface area contributed by atoms with Gasteiger partial charge in [-0.15, -0.1) is 0 Å². The zero-order valence-electron chi connectivity index (χ0n) is 14.0. The highest BCUT2D eigenvalue weighted by Crippen LogP contribution is 2.18. The second kappa shape index (κ2) is 9.16. The second-order valence-corrected chi connectivity index (χ2v) is 5.14. The fraction of sp³-hybridized carbons (Fsp3) is 0.167. The molecule has 0 bridgehead atoms. The van der Waals surface area contributed by atoms with Crippen LogP contribution in [0.1, 0.15) is 15.9 Å². The van der Waals surface area contributed by atoms with Gasteiger partial charge in [-0.1, -0.05) is 30.3 Å². The first-order valence-electron chi connectivity index (χ1n) is 7.62. The van der Waals surface area contributed by atoms with E-state index in [4.69, 9.17) is 9.47 Å². The zero-order valence-corrected chi connectivity index (χ0v) is 14.0. The van der Waals surface area contributed by atoms with Gasteiger partial charge in [-0.3, -0.25) is 10.1 Å². The van der Waals surface area contributed by atoms with E-state index in [1.54, 1.807) is 0 Å². The van der Waals surface area contributed by atoms with Gasteiger partial charge in [-0.05, 0) is 23.8 Å². The van der Waals surface area contributed by atoms with E-state index in [0.717, 1.165) is 11.6 Å². The predicted octanol–water partition coefficient (Wildman–Crippen LogP) is 2.02. The Kier molecular flexibility index (Phi) is 6.67. The van der Waals surface area contributed by atoms with Crippen molar-refractivity contribution in [1.29, 1.82) is 0 Å². The van der Waals surface area contributed by atoms with Crippen LogP contribution in [0.15, 0.2) is 48.5 Å². The van der Waals surface area contributed by atoms with Gasteiger partial charge in [0.15, 0.2) is 18.2 Å². The first kappa shape index (κ1) is 18.9. The van der Waals surface area contributed by atoms with Crippen molar-refractivity contribution < 1.29 is 28.2 Å². The van der Waals surface area contributed by atoms with E-state index in [-0.39, 0.29) is 17.9 Å². The fourth-order valence-corrected chi connectivity index (χ4v) is 1.99. The molecule has 136 valence electrons. The summed E-state index contributed by atoms with van der Waals surface area (Å²) in [6.45, 7) is -0.434. The molecule has 0 fully saturated rings. The van der Waals surface area contributed by atoms with Crippen LogP contribution in [0.5, 0.6) is 5.75 Å². The minimum Gasteiger partial charge on any atom is -0.494 e. The number of carbonyl (C=O) groups is 3. The zero-order chi connectivity index (χ0) is 18.9. The van der Waals surface area contributed by atoms with Gasteiger partial charge in [0.25, 0.3) is 5.91 Å². The molecule has 0 aliphatic heterocycles. The van der Waals surface area contributed by atoms with Crippen molar-refractivity contribution in [2.24, 2.45) is 0 Å². The first-order chi connectivity index (χ1) is 12.5. The van der Waals surface area contributed by atoms with Crippen LogP contribution in [0.4, 0.5) is 9.18 Å². The largest absolute Gasteiger partial charge is 0.494 e. The third-order valence-electron chi connectivity index (χ3n) is 3.27. The van der Waals surface area contributed by atoms with Crippen molar-refractivity contribution in [2.75, 3.05) is 13.7 Å². The van der Waals surface area contributed by atoms with Crippen molar-refractivity contribution in [3.05, 3.63) is 65.5 Å². The molecule has 26 heavy (non-hydrogen) atoms. The summed E-state index contributed by atoms with van der Waals surface area (Å²) in [6, 6.07) is 11.9. The Hall–Kier alpha value is -3.42. The molecule has 2 N–H and O–H groups in total. The molecular formula is C18H17FN2O5. The number of ether oxygens (including phenoxy) is 2. The van der Waals surface area contributed by atoms with Crippen LogP contribution in [0, 0.1) is 5.82 Å². The highest BCUT2D eigenvalue weighted by molar-refractivity contribution is 5.97. The third kappa shape index (κ3) is 5.59. The van der Waals surface area contributed by atoms with Crippen LogP contribution >= 0.6 is 0 Å². The molecule has 0 atom stereocenters. The van der Waals surface area contributed by atoms with E-state index >= 15 is 0 Å². The predicted molar refractivity (Wildman–Crippen MR) is 90.1 cm³/mol. The second-order valence-electron chi connectivity index (χ2n) is 5.14. The third-order valence-corrected chi connectivity index (χ3v) is 3.27. The lowest BCUT2D eigenvalue weighted by Crippen LogP contribution is -2.41. The SMILES string of the molecule is COc1ccc(C(=O)OCC(=O)NC(=O)NCc2ccccc2)cc1F.